The molecule has 0 spiro atoms. The van der Waals surface area contributed by atoms with Gasteiger partial charge in [0.1, 0.15) is 5.78 Å². The highest BCUT2D eigenvalue weighted by atomic mass is 16.6. The highest BCUT2D eigenvalue weighted by Crippen LogP contribution is 1.86. The first-order valence-electron chi connectivity index (χ1n) is 8.33. The largest absolute Gasteiger partial charge is 0.379 e. The molecule has 0 aromatic heterocycles. The van der Waals surface area contributed by atoms with Crippen molar-refractivity contribution >= 4 is 11.7 Å². The van der Waals surface area contributed by atoms with Gasteiger partial charge >= 0.3 is 0 Å². The zero-order valence-corrected chi connectivity index (χ0v) is 15.1. The molecule has 0 aromatic carbocycles. The molecular formula is C16H32N2O6. The van der Waals surface area contributed by atoms with Crippen LogP contribution in [0, 0.1) is 0 Å². The van der Waals surface area contributed by atoms with Crippen molar-refractivity contribution in [2.75, 3.05) is 66.4 Å². The molecule has 1 atom stereocenters. The number of ether oxygens (including phenoxy) is 4. The molecular weight excluding hydrogens is 316 g/mol. The second-order valence-corrected chi connectivity index (χ2v) is 5.16. The van der Waals surface area contributed by atoms with Crippen molar-refractivity contribution in [3.8, 4) is 0 Å². The molecule has 2 N–H and O–H groups in total. The van der Waals surface area contributed by atoms with Gasteiger partial charge in [0, 0.05) is 20.0 Å². The average Bonchev–Trinajstić information content (AvgIpc) is 2.57. The molecule has 0 heterocycles. The minimum atomic E-state index is -0.130. The maximum atomic E-state index is 11.0. The second kappa shape index (κ2) is 16.8. The Morgan fingerprint density at radius 1 is 0.833 bits per heavy atom. The molecule has 8 heteroatoms. The summed E-state index contributed by atoms with van der Waals surface area (Å²) in [7, 11) is 1.60. The van der Waals surface area contributed by atoms with Gasteiger partial charge in [-0.05, 0) is 13.8 Å². The SMILES string of the molecule is CNC(=O)CCOCCOCCOCCOCCNC(C)C(C)=O. The van der Waals surface area contributed by atoms with Crippen molar-refractivity contribution in [3.63, 3.8) is 0 Å². The number of Topliss-reactive ketones (excluding diaryl/α,β-unsaturated/α-hetero) is 1. The zero-order chi connectivity index (χ0) is 18.0. The van der Waals surface area contributed by atoms with Crippen molar-refractivity contribution in [2.45, 2.75) is 26.3 Å². The van der Waals surface area contributed by atoms with E-state index in [0.717, 1.165) is 0 Å². The van der Waals surface area contributed by atoms with Crippen LogP contribution in [0.4, 0.5) is 0 Å². The monoisotopic (exact) mass is 348 g/mol. The van der Waals surface area contributed by atoms with Gasteiger partial charge in [-0.3, -0.25) is 9.59 Å². The van der Waals surface area contributed by atoms with E-state index < -0.39 is 0 Å². The van der Waals surface area contributed by atoms with Crippen molar-refractivity contribution in [1.82, 2.24) is 10.6 Å². The number of nitrogens with one attached hydrogen (secondary N) is 2. The molecule has 0 aliphatic heterocycles. The fourth-order valence-electron chi connectivity index (χ4n) is 1.54. The van der Waals surface area contributed by atoms with E-state index in [0.29, 0.717) is 65.8 Å². The third kappa shape index (κ3) is 15.8. The second-order valence-electron chi connectivity index (χ2n) is 5.16. The van der Waals surface area contributed by atoms with Gasteiger partial charge in [0.25, 0.3) is 0 Å². The summed E-state index contributed by atoms with van der Waals surface area (Å²) in [6.45, 7) is 7.94. The number of rotatable bonds is 17. The van der Waals surface area contributed by atoms with E-state index in [9.17, 15) is 9.59 Å². The standard InChI is InChI=1S/C16H32N2O6/c1-14(15(2)19)18-5-7-22-9-11-24-13-12-23-10-8-21-6-4-16(20)17-3/h14,18H,4-13H2,1-3H3,(H,17,20). The quantitative estimate of drug-likeness (QED) is 0.350. The Bertz CT molecular complexity index is 328. The predicted molar refractivity (Wildman–Crippen MR) is 90.1 cm³/mol. The Balaban J connectivity index is 3.10. The first-order valence-corrected chi connectivity index (χ1v) is 8.33. The van der Waals surface area contributed by atoms with Crippen LogP contribution in [-0.2, 0) is 28.5 Å². The van der Waals surface area contributed by atoms with Crippen LogP contribution in [0.1, 0.15) is 20.3 Å². The lowest BCUT2D eigenvalue weighted by Gasteiger charge is -2.10. The van der Waals surface area contributed by atoms with Gasteiger partial charge in [-0.1, -0.05) is 0 Å². The minimum Gasteiger partial charge on any atom is -0.379 e. The number of carbonyl (C=O) groups is 2. The van der Waals surface area contributed by atoms with Gasteiger partial charge in [0.15, 0.2) is 0 Å². The normalized spacial score (nSPS) is 12.1. The van der Waals surface area contributed by atoms with Crippen LogP contribution < -0.4 is 10.6 Å². The van der Waals surface area contributed by atoms with Crippen LogP contribution in [-0.4, -0.2) is 84.2 Å². The van der Waals surface area contributed by atoms with Gasteiger partial charge in [0.2, 0.25) is 5.91 Å². The van der Waals surface area contributed by atoms with Crippen molar-refractivity contribution < 1.29 is 28.5 Å². The summed E-state index contributed by atoms with van der Waals surface area (Å²) >= 11 is 0. The molecule has 0 bridgehead atoms. The zero-order valence-electron chi connectivity index (χ0n) is 15.1. The third-order valence-electron chi connectivity index (χ3n) is 3.18. The van der Waals surface area contributed by atoms with E-state index >= 15 is 0 Å². The molecule has 142 valence electrons. The van der Waals surface area contributed by atoms with E-state index in [1.54, 1.807) is 14.0 Å². The lowest BCUT2D eigenvalue weighted by atomic mass is 10.2. The molecule has 1 amide bonds. The third-order valence-corrected chi connectivity index (χ3v) is 3.18. The lowest BCUT2D eigenvalue weighted by Crippen LogP contribution is -2.34. The predicted octanol–water partition coefficient (Wildman–Crippen LogP) is -0.244. The van der Waals surface area contributed by atoms with Gasteiger partial charge in [-0.2, -0.15) is 0 Å². The fourth-order valence-corrected chi connectivity index (χ4v) is 1.54. The van der Waals surface area contributed by atoms with E-state index in [1.165, 1.54) is 0 Å². The molecule has 0 saturated carbocycles. The summed E-state index contributed by atoms with van der Waals surface area (Å²) in [6, 6.07) is -0.130. The molecule has 0 aliphatic rings. The molecule has 0 saturated heterocycles. The van der Waals surface area contributed by atoms with E-state index in [2.05, 4.69) is 10.6 Å². The van der Waals surface area contributed by atoms with Crippen LogP contribution in [0.3, 0.4) is 0 Å². The molecule has 0 rings (SSSR count). The number of hydrogen-bond donors (Lipinski definition) is 2. The minimum absolute atomic E-state index is 0.0318. The van der Waals surface area contributed by atoms with Crippen LogP contribution >= 0.6 is 0 Å². The summed E-state index contributed by atoms with van der Waals surface area (Å²) in [5, 5.41) is 5.59. The Hall–Kier alpha value is -1.06. The maximum Gasteiger partial charge on any atom is 0.222 e. The van der Waals surface area contributed by atoms with Crippen molar-refractivity contribution in [3.05, 3.63) is 0 Å². The van der Waals surface area contributed by atoms with Gasteiger partial charge in [-0.25, -0.2) is 0 Å². The summed E-state index contributed by atoms with van der Waals surface area (Å²) in [5.41, 5.74) is 0. The molecule has 0 radical (unpaired) electrons. The maximum absolute atomic E-state index is 11.0. The van der Waals surface area contributed by atoms with Crippen molar-refractivity contribution in [2.24, 2.45) is 0 Å². The highest BCUT2D eigenvalue weighted by molar-refractivity contribution is 5.80. The topological polar surface area (TPSA) is 95.1 Å². The fraction of sp³-hybridized carbons (Fsp3) is 0.875. The summed E-state index contributed by atoms with van der Waals surface area (Å²) < 4.78 is 21.3. The molecule has 0 fully saturated rings. The summed E-state index contributed by atoms with van der Waals surface area (Å²) in [4.78, 5) is 21.9. The van der Waals surface area contributed by atoms with Crippen LogP contribution in [0.15, 0.2) is 0 Å². The van der Waals surface area contributed by atoms with Gasteiger partial charge in [0.05, 0.1) is 58.9 Å². The summed E-state index contributed by atoms with van der Waals surface area (Å²) in [6.07, 6.45) is 0.364. The van der Waals surface area contributed by atoms with Gasteiger partial charge < -0.3 is 29.6 Å². The molecule has 1 unspecified atom stereocenters. The Morgan fingerprint density at radius 2 is 1.29 bits per heavy atom. The Morgan fingerprint density at radius 3 is 1.75 bits per heavy atom. The number of ketones is 1. The summed E-state index contributed by atoms with van der Waals surface area (Å²) in [5.74, 6) is 0.0888. The number of hydrogen-bond acceptors (Lipinski definition) is 7. The van der Waals surface area contributed by atoms with Crippen LogP contribution in [0.5, 0.6) is 0 Å². The Kier molecular flexibility index (Phi) is 16.0. The Labute approximate surface area is 144 Å². The first kappa shape index (κ1) is 22.9. The van der Waals surface area contributed by atoms with E-state index in [4.69, 9.17) is 18.9 Å². The van der Waals surface area contributed by atoms with E-state index in [1.807, 2.05) is 6.92 Å². The molecule has 24 heavy (non-hydrogen) atoms. The lowest BCUT2D eigenvalue weighted by molar-refractivity contribution is -0.122. The number of amides is 1. The highest BCUT2D eigenvalue weighted by Gasteiger charge is 2.04. The molecule has 8 nitrogen and oxygen atoms in total. The first-order chi connectivity index (χ1) is 11.6. The van der Waals surface area contributed by atoms with E-state index in [-0.39, 0.29) is 17.7 Å². The number of carbonyl (C=O) groups excluding carboxylic acids is 2. The smallest absolute Gasteiger partial charge is 0.222 e. The van der Waals surface area contributed by atoms with Gasteiger partial charge in [-0.15, -0.1) is 0 Å². The molecule has 0 aromatic rings. The van der Waals surface area contributed by atoms with Crippen LogP contribution in [0.2, 0.25) is 0 Å². The van der Waals surface area contributed by atoms with Crippen molar-refractivity contribution in [1.29, 1.82) is 0 Å². The molecule has 0 aliphatic carbocycles. The average molecular weight is 348 g/mol. The van der Waals surface area contributed by atoms with Crippen LogP contribution in [0.25, 0.3) is 0 Å².